The molecule has 0 rings (SSSR count). The van der Waals surface area contributed by atoms with E-state index in [1.165, 1.54) is 0 Å². The predicted molar refractivity (Wildman–Crippen MR) is 26.2 cm³/mol. The van der Waals surface area contributed by atoms with Crippen LogP contribution in [0.2, 0.25) is 6.32 Å². The topological polar surface area (TPSA) is 63.3 Å². The molecule has 2 radical (unpaired) electrons. The lowest BCUT2D eigenvalue weighted by molar-refractivity contribution is -0.138. The van der Waals surface area contributed by atoms with Crippen LogP contribution in [0.1, 0.15) is 0 Å². The molecule has 0 spiro atoms. The van der Waals surface area contributed by atoms with Crippen molar-refractivity contribution in [2.45, 2.75) is 12.4 Å². The molecule has 3 N–H and O–H groups in total. The van der Waals surface area contributed by atoms with Crippen molar-refractivity contribution in [2.24, 2.45) is 5.73 Å². The second kappa shape index (κ2) is 2.63. The van der Waals surface area contributed by atoms with Crippen LogP contribution >= 0.6 is 0 Å². The van der Waals surface area contributed by atoms with E-state index in [4.69, 9.17) is 18.7 Å². The number of hydrogen-bond acceptors (Lipinski definition) is 2. The van der Waals surface area contributed by atoms with Gasteiger partial charge in [-0.1, -0.05) is 6.32 Å². The van der Waals surface area contributed by atoms with Crippen LogP contribution in [0.4, 0.5) is 0 Å². The van der Waals surface area contributed by atoms with E-state index in [-0.39, 0.29) is 6.32 Å². The first-order chi connectivity index (χ1) is 3.18. The Labute approximate surface area is 42.9 Å². The standard InChI is InChI=1S/C3H6BNO2/c4-1-2(5)3(6)7/h2H,1,5H2,(H,6,7)/t2-/m0/s1. The van der Waals surface area contributed by atoms with Gasteiger partial charge in [0.05, 0.1) is 13.9 Å². The van der Waals surface area contributed by atoms with Gasteiger partial charge in [0.1, 0.15) is 0 Å². The molecule has 0 amide bonds. The number of nitrogens with two attached hydrogens (primary N) is 1. The SMILES string of the molecule is [B]C[C@H](N)C(=O)O. The maximum atomic E-state index is 9.73. The van der Waals surface area contributed by atoms with Crippen LogP contribution in [0.3, 0.4) is 0 Å². The van der Waals surface area contributed by atoms with Crippen LogP contribution in [-0.4, -0.2) is 25.0 Å². The van der Waals surface area contributed by atoms with E-state index in [9.17, 15) is 4.79 Å². The smallest absolute Gasteiger partial charge is 0.319 e. The minimum Gasteiger partial charge on any atom is -0.480 e. The van der Waals surface area contributed by atoms with E-state index < -0.39 is 12.0 Å². The molecule has 0 aromatic carbocycles. The number of carbonyl (C=O) groups is 1. The molecule has 0 saturated heterocycles. The van der Waals surface area contributed by atoms with Crippen molar-refractivity contribution in [3.63, 3.8) is 0 Å². The number of carboxylic acid groups (broad SMARTS) is 1. The number of hydrogen-bond donors (Lipinski definition) is 2. The van der Waals surface area contributed by atoms with Crippen molar-refractivity contribution in [3.8, 4) is 0 Å². The lowest BCUT2D eigenvalue weighted by Crippen LogP contribution is -2.29. The van der Waals surface area contributed by atoms with Gasteiger partial charge in [-0.15, -0.1) is 0 Å². The first-order valence-electron chi connectivity index (χ1n) is 1.87. The molecule has 1 atom stereocenters. The summed E-state index contributed by atoms with van der Waals surface area (Å²) >= 11 is 0. The Kier molecular flexibility index (Phi) is 2.44. The molecule has 0 unspecified atom stereocenters. The fourth-order valence-electron chi connectivity index (χ4n) is 0.101. The van der Waals surface area contributed by atoms with Gasteiger partial charge in [-0.3, -0.25) is 4.79 Å². The molecule has 0 bridgehead atoms. The monoisotopic (exact) mass is 99.0 g/mol. The second-order valence-electron chi connectivity index (χ2n) is 1.18. The maximum absolute atomic E-state index is 9.73. The Morgan fingerprint density at radius 2 is 2.43 bits per heavy atom. The molecule has 0 aromatic rings. The predicted octanol–water partition coefficient (Wildman–Crippen LogP) is -1.01. The molecule has 0 aromatic heterocycles. The van der Waals surface area contributed by atoms with Crippen LogP contribution in [-0.2, 0) is 4.79 Å². The Morgan fingerprint density at radius 1 is 2.00 bits per heavy atom. The van der Waals surface area contributed by atoms with Gasteiger partial charge in [0.25, 0.3) is 0 Å². The number of rotatable bonds is 2. The molecule has 0 heterocycles. The van der Waals surface area contributed by atoms with Crippen molar-refractivity contribution in [1.82, 2.24) is 0 Å². The van der Waals surface area contributed by atoms with Crippen molar-refractivity contribution in [1.29, 1.82) is 0 Å². The molecule has 0 saturated carbocycles. The lowest BCUT2D eigenvalue weighted by Gasteiger charge is -1.97. The summed E-state index contributed by atoms with van der Waals surface area (Å²) < 4.78 is 0. The van der Waals surface area contributed by atoms with Crippen LogP contribution in [0.15, 0.2) is 0 Å². The zero-order valence-corrected chi connectivity index (χ0v) is 3.79. The molecule has 38 valence electrons. The molecule has 0 aliphatic heterocycles. The zero-order chi connectivity index (χ0) is 5.86. The highest BCUT2D eigenvalue weighted by molar-refractivity contribution is 6.10. The molecule has 0 fully saturated rings. The van der Waals surface area contributed by atoms with E-state index in [2.05, 4.69) is 0 Å². The normalized spacial score (nSPS) is 13.3. The van der Waals surface area contributed by atoms with Gasteiger partial charge in [-0.25, -0.2) is 0 Å². The highest BCUT2D eigenvalue weighted by Gasteiger charge is 2.05. The minimum atomic E-state index is -1.05. The fraction of sp³-hybridized carbons (Fsp3) is 0.667. The van der Waals surface area contributed by atoms with Gasteiger partial charge < -0.3 is 10.8 Å². The summed E-state index contributed by atoms with van der Waals surface area (Å²) in [5.74, 6) is -1.05. The Hall–Kier alpha value is -0.505. The van der Waals surface area contributed by atoms with Crippen LogP contribution in [0, 0.1) is 0 Å². The molecule has 3 nitrogen and oxygen atoms in total. The molecule has 7 heavy (non-hydrogen) atoms. The van der Waals surface area contributed by atoms with Gasteiger partial charge in [0.15, 0.2) is 0 Å². The summed E-state index contributed by atoms with van der Waals surface area (Å²) in [6.45, 7) is 0. The van der Waals surface area contributed by atoms with Gasteiger partial charge in [-0.05, 0) is 0 Å². The molecule has 0 aliphatic rings. The van der Waals surface area contributed by atoms with Crippen LogP contribution in [0.25, 0.3) is 0 Å². The van der Waals surface area contributed by atoms with Crippen LogP contribution < -0.4 is 5.73 Å². The summed E-state index contributed by atoms with van der Waals surface area (Å²) in [5.41, 5.74) is 4.89. The fourth-order valence-corrected chi connectivity index (χ4v) is 0.101. The molecular weight excluding hydrogens is 92.8 g/mol. The largest absolute Gasteiger partial charge is 0.480 e. The third-order valence-corrected chi connectivity index (χ3v) is 0.571. The zero-order valence-electron chi connectivity index (χ0n) is 3.79. The van der Waals surface area contributed by atoms with E-state index in [1.54, 1.807) is 0 Å². The van der Waals surface area contributed by atoms with Gasteiger partial charge >= 0.3 is 5.97 Å². The van der Waals surface area contributed by atoms with E-state index in [0.717, 1.165) is 0 Å². The lowest BCUT2D eigenvalue weighted by atomic mass is 9.98. The minimum absolute atomic E-state index is 0.00463. The highest BCUT2D eigenvalue weighted by atomic mass is 16.4. The summed E-state index contributed by atoms with van der Waals surface area (Å²) in [6.07, 6.45) is -0.00463. The van der Waals surface area contributed by atoms with Crippen molar-refractivity contribution in [2.75, 3.05) is 0 Å². The first kappa shape index (κ1) is 6.49. The summed E-state index contributed by atoms with van der Waals surface area (Å²) in [5, 5.41) is 7.98. The average Bonchev–Trinajstić information content (AvgIpc) is 1.65. The van der Waals surface area contributed by atoms with Crippen LogP contribution in [0.5, 0.6) is 0 Å². The summed E-state index contributed by atoms with van der Waals surface area (Å²) in [6, 6.07) is -0.903. The first-order valence-corrected chi connectivity index (χ1v) is 1.87. The third kappa shape index (κ3) is 2.22. The van der Waals surface area contributed by atoms with E-state index in [1.807, 2.05) is 0 Å². The van der Waals surface area contributed by atoms with Crippen molar-refractivity contribution < 1.29 is 9.90 Å². The molecule has 4 heteroatoms. The molecular formula is C3H6BNO2. The van der Waals surface area contributed by atoms with Crippen molar-refractivity contribution >= 4 is 13.8 Å². The summed E-state index contributed by atoms with van der Waals surface area (Å²) in [7, 11) is 4.87. The second-order valence-corrected chi connectivity index (χ2v) is 1.18. The number of aliphatic carboxylic acids is 1. The van der Waals surface area contributed by atoms with Gasteiger partial charge in [0.2, 0.25) is 0 Å². The highest BCUT2D eigenvalue weighted by Crippen LogP contribution is 1.80. The average molecular weight is 98.9 g/mol. The Balaban J connectivity index is 3.34. The summed E-state index contributed by atoms with van der Waals surface area (Å²) in [4.78, 5) is 9.73. The van der Waals surface area contributed by atoms with Crippen molar-refractivity contribution in [3.05, 3.63) is 0 Å². The number of carboxylic acids is 1. The van der Waals surface area contributed by atoms with E-state index in [0.29, 0.717) is 0 Å². The molecule has 0 aliphatic carbocycles. The van der Waals surface area contributed by atoms with Gasteiger partial charge in [0, 0.05) is 0 Å². The Bertz CT molecular complexity index is 75.3. The third-order valence-electron chi connectivity index (χ3n) is 0.571. The van der Waals surface area contributed by atoms with E-state index >= 15 is 0 Å². The Morgan fingerprint density at radius 3 is 2.43 bits per heavy atom. The quantitative estimate of drug-likeness (QED) is 0.435. The maximum Gasteiger partial charge on any atom is 0.319 e. The van der Waals surface area contributed by atoms with Gasteiger partial charge in [-0.2, -0.15) is 0 Å².